The maximum atomic E-state index is 14.1. The SMILES string of the molecule is CCOc1ccc(/C=C2\C(=O)NC(=O)N(c3cc4c5c(c3)[C@H](c3ccccc3)CCN5CC[C@@H]4c3ccccc3)C2=O)cc1OC. The maximum absolute atomic E-state index is 14.1. The summed E-state index contributed by atoms with van der Waals surface area (Å²) in [5.41, 5.74) is 6.62. The summed E-state index contributed by atoms with van der Waals surface area (Å²) in [5, 5.41) is 2.41. The van der Waals surface area contributed by atoms with E-state index in [9.17, 15) is 14.4 Å². The highest BCUT2D eigenvalue weighted by molar-refractivity contribution is 6.39. The lowest BCUT2D eigenvalue weighted by Crippen LogP contribution is -2.54. The molecule has 0 aliphatic carbocycles. The monoisotopic (exact) mass is 613 g/mol. The highest BCUT2D eigenvalue weighted by Gasteiger charge is 2.40. The van der Waals surface area contributed by atoms with Crippen LogP contribution < -0.4 is 24.6 Å². The molecule has 1 saturated heterocycles. The zero-order chi connectivity index (χ0) is 31.8. The van der Waals surface area contributed by atoms with E-state index in [0.717, 1.165) is 42.0 Å². The fourth-order valence-corrected chi connectivity index (χ4v) is 7.08. The topological polar surface area (TPSA) is 88.2 Å². The Hall–Kier alpha value is -5.37. The highest BCUT2D eigenvalue weighted by atomic mass is 16.5. The third-order valence-corrected chi connectivity index (χ3v) is 9.16. The lowest BCUT2D eigenvalue weighted by atomic mass is 9.76. The summed E-state index contributed by atoms with van der Waals surface area (Å²) in [5.74, 6) is -0.196. The maximum Gasteiger partial charge on any atom is 0.335 e. The van der Waals surface area contributed by atoms with Gasteiger partial charge in [0.05, 0.1) is 19.4 Å². The van der Waals surface area contributed by atoms with Crippen molar-refractivity contribution >= 4 is 35.3 Å². The number of urea groups is 1. The van der Waals surface area contributed by atoms with Gasteiger partial charge in [-0.2, -0.15) is 0 Å². The van der Waals surface area contributed by atoms with Gasteiger partial charge >= 0.3 is 6.03 Å². The van der Waals surface area contributed by atoms with Crippen LogP contribution in [0.25, 0.3) is 6.08 Å². The number of barbiturate groups is 1. The molecule has 0 unspecified atom stereocenters. The average Bonchev–Trinajstić information content (AvgIpc) is 3.08. The van der Waals surface area contributed by atoms with Gasteiger partial charge in [0.15, 0.2) is 11.5 Å². The molecular weight excluding hydrogens is 578 g/mol. The number of anilines is 2. The fourth-order valence-electron chi connectivity index (χ4n) is 7.08. The van der Waals surface area contributed by atoms with Gasteiger partial charge in [-0.3, -0.25) is 14.9 Å². The molecule has 0 bridgehead atoms. The van der Waals surface area contributed by atoms with Crippen molar-refractivity contribution in [2.75, 3.05) is 36.6 Å². The summed E-state index contributed by atoms with van der Waals surface area (Å²) in [6.45, 7) is 4.20. The van der Waals surface area contributed by atoms with Gasteiger partial charge in [-0.25, -0.2) is 9.69 Å². The summed E-state index contributed by atoms with van der Waals surface area (Å²) in [6.07, 6.45) is 3.32. The third kappa shape index (κ3) is 5.19. The Kier molecular flexibility index (Phi) is 7.78. The van der Waals surface area contributed by atoms with E-state index in [4.69, 9.17) is 9.47 Å². The van der Waals surface area contributed by atoms with Crippen LogP contribution in [0.5, 0.6) is 11.5 Å². The molecule has 0 saturated carbocycles. The molecule has 0 radical (unpaired) electrons. The third-order valence-electron chi connectivity index (χ3n) is 9.16. The quantitative estimate of drug-likeness (QED) is 0.186. The van der Waals surface area contributed by atoms with Crippen LogP contribution in [0.15, 0.2) is 96.6 Å². The lowest BCUT2D eigenvalue weighted by molar-refractivity contribution is -0.122. The summed E-state index contributed by atoms with van der Waals surface area (Å²) in [6, 6.07) is 29.1. The molecule has 1 fully saturated rings. The minimum Gasteiger partial charge on any atom is -0.493 e. The first kappa shape index (κ1) is 29.3. The minimum absolute atomic E-state index is 0.0941. The summed E-state index contributed by atoms with van der Waals surface area (Å²) in [4.78, 5) is 44.3. The van der Waals surface area contributed by atoms with Crippen molar-refractivity contribution in [3.63, 3.8) is 0 Å². The van der Waals surface area contributed by atoms with Crippen molar-refractivity contribution in [3.8, 4) is 11.5 Å². The number of nitrogens with zero attached hydrogens (tertiary/aromatic N) is 2. The number of benzene rings is 4. The Balaban J connectivity index is 1.36. The second kappa shape index (κ2) is 12.2. The number of nitrogens with one attached hydrogen (secondary N) is 1. The molecule has 3 aliphatic rings. The second-order valence-electron chi connectivity index (χ2n) is 11.8. The first-order valence-corrected chi connectivity index (χ1v) is 15.7. The summed E-state index contributed by atoms with van der Waals surface area (Å²) in [7, 11) is 1.53. The van der Waals surface area contributed by atoms with Crippen molar-refractivity contribution in [3.05, 3.63) is 124 Å². The molecule has 8 heteroatoms. The number of ether oxygens (including phenoxy) is 2. The van der Waals surface area contributed by atoms with E-state index in [1.807, 2.05) is 55.5 Å². The zero-order valence-corrected chi connectivity index (χ0v) is 25.9. The molecule has 2 atom stereocenters. The molecule has 46 heavy (non-hydrogen) atoms. The first-order chi connectivity index (χ1) is 22.5. The van der Waals surface area contributed by atoms with Gasteiger partial charge in [0.25, 0.3) is 11.8 Å². The van der Waals surface area contributed by atoms with Gasteiger partial charge in [0, 0.05) is 30.6 Å². The van der Waals surface area contributed by atoms with Crippen molar-refractivity contribution < 1.29 is 23.9 Å². The van der Waals surface area contributed by atoms with E-state index < -0.39 is 17.8 Å². The molecule has 232 valence electrons. The van der Waals surface area contributed by atoms with E-state index in [-0.39, 0.29) is 17.4 Å². The van der Waals surface area contributed by atoms with Gasteiger partial charge in [-0.1, -0.05) is 66.7 Å². The number of hydrogen-bond donors (Lipinski definition) is 1. The Morgan fingerprint density at radius 3 is 1.98 bits per heavy atom. The molecule has 0 aromatic heterocycles. The fraction of sp³-hybridized carbons (Fsp3) is 0.237. The van der Waals surface area contributed by atoms with Gasteiger partial charge in [-0.15, -0.1) is 0 Å². The van der Waals surface area contributed by atoms with E-state index in [2.05, 4.69) is 34.5 Å². The van der Waals surface area contributed by atoms with Crippen LogP contribution >= 0.6 is 0 Å². The predicted molar refractivity (Wildman–Crippen MR) is 178 cm³/mol. The van der Waals surface area contributed by atoms with E-state index in [0.29, 0.717) is 29.4 Å². The molecule has 1 N–H and O–H groups in total. The number of rotatable bonds is 7. The van der Waals surface area contributed by atoms with Crippen LogP contribution in [0.1, 0.15) is 59.4 Å². The number of hydrogen-bond acceptors (Lipinski definition) is 6. The number of carbonyl (C=O) groups is 3. The van der Waals surface area contributed by atoms with Crippen LogP contribution in [0.4, 0.5) is 16.2 Å². The molecule has 7 rings (SSSR count). The minimum atomic E-state index is -0.764. The van der Waals surface area contributed by atoms with E-state index >= 15 is 0 Å². The van der Waals surface area contributed by atoms with Crippen molar-refractivity contribution in [1.82, 2.24) is 5.32 Å². The molecule has 8 nitrogen and oxygen atoms in total. The van der Waals surface area contributed by atoms with Crippen LogP contribution in [-0.4, -0.2) is 44.7 Å². The average molecular weight is 614 g/mol. The Morgan fingerprint density at radius 2 is 1.41 bits per heavy atom. The molecule has 3 aliphatic heterocycles. The van der Waals surface area contributed by atoms with Gasteiger partial charge in [-0.05, 0) is 77.9 Å². The second-order valence-corrected chi connectivity index (χ2v) is 11.8. The van der Waals surface area contributed by atoms with Crippen LogP contribution in [0.2, 0.25) is 0 Å². The number of carbonyl (C=O) groups excluding carboxylic acids is 3. The van der Waals surface area contributed by atoms with Crippen molar-refractivity contribution in [2.45, 2.75) is 31.6 Å². The van der Waals surface area contributed by atoms with Gasteiger partial charge < -0.3 is 14.4 Å². The first-order valence-electron chi connectivity index (χ1n) is 15.7. The Labute approximate surface area is 268 Å². The Morgan fingerprint density at radius 1 is 0.804 bits per heavy atom. The molecule has 0 spiro atoms. The Bertz CT molecular complexity index is 1780. The van der Waals surface area contributed by atoms with Crippen molar-refractivity contribution in [1.29, 1.82) is 0 Å². The summed E-state index contributed by atoms with van der Waals surface area (Å²) < 4.78 is 11.1. The van der Waals surface area contributed by atoms with Crippen molar-refractivity contribution in [2.24, 2.45) is 0 Å². The predicted octanol–water partition coefficient (Wildman–Crippen LogP) is 6.64. The smallest absolute Gasteiger partial charge is 0.335 e. The normalized spacial score (nSPS) is 20.0. The number of amides is 4. The van der Waals surface area contributed by atoms with E-state index in [1.165, 1.54) is 30.0 Å². The standard InChI is InChI=1S/C38H35N3O5/c1-3-46-33-15-14-24(21-34(33)45-2)20-32-36(42)39-38(44)41(37(32)43)27-22-30-28(25-10-6-4-7-11-25)16-18-40-19-17-29(31(23-27)35(30)40)26-12-8-5-9-13-26/h4-15,20-23,28-29H,3,16-19H2,1-2H3,(H,39,42,44)/b32-20+/t28-,29+. The van der Waals surface area contributed by atoms with Crippen LogP contribution in [0.3, 0.4) is 0 Å². The number of imide groups is 2. The molecule has 4 aromatic rings. The number of methoxy groups -OCH3 is 1. The molecule has 4 aromatic carbocycles. The lowest BCUT2D eigenvalue weighted by Gasteiger charge is -2.44. The largest absolute Gasteiger partial charge is 0.493 e. The van der Waals surface area contributed by atoms with Crippen LogP contribution in [0, 0.1) is 0 Å². The highest BCUT2D eigenvalue weighted by Crippen LogP contribution is 2.50. The summed E-state index contributed by atoms with van der Waals surface area (Å²) >= 11 is 0. The zero-order valence-electron chi connectivity index (χ0n) is 25.9. The molecule has 3 heterocycles. The molecule has 4 amide bonds. The van der Waals surface area contributed by atoms with Gasteiger partial charge in [0.2, 0.25) is 0 Å². The molecular formula is C38H35N3O5. The van der Waals surface area contributed by atoms with E-state index in [1.54, 1.807) is 18.2 Å². The van der Waals surface area contributed by atoms with Crippen LogP contribution in [-0.2, 0) is 9.59 Å². The van der Waals surface area contributed by atoms with Gasteiger partial charge in [0.1, 0.15) is 5.57 Å².